The lowest BCUT2D eigenvalue weighted by molar-refractivity contribution is -0.145. The zero-order chi connectivity index (χ0) is 15.1. The Balaban J connectivity index is 2.56. The fourth-order valence-electron chi connectivity index (χ4n) is 1.60. The Morgan fingerprint density at radius 2 is 2.20 bits per heavy atom. The summed E-state index contributed by atoms with van der Waals surface area (Å²) < 4.78 is 4.91. The smallest absolute Gasteiger partial charge is 0.322 e. The normalized spacial score (nSPS) is 12.0. The predicted octanol–water partition coefficient (Wildman–Crippen LogP) is 1.56. The lowest BCUT2D eigenvalue weighted by Gasteiger charge is -2.14. The first kappa shape index (κ1) is 16.6. The molecule has 0 saturated carbocycles. The summed E-state index contributed by atoms with van der Waals surface area (Å²) in [5, 5.41) is 5.61. The van der Waals surface area contributed by atoms with Crippen molar-refractivity contribution in [2.45, 2.75) is 40.3 Å². The van der Waals surface area contributed by atoms with Gasteiger partial charge in [-0.15, -0.1) is 11.3 Å². The van der Waals surface area contributed by atoms with Crippen LogP contribution in [0.2, 0.25) is 0 Å². The van der Waals surface area contributed by atoms with Crippen LogP contribution in [0.25, 0.3) is 0 Å². The van der Waals surface area contributed by atoms with Crippen LogP contribution in [0.3, 0.4) is 0 Å². The van der Waals surface area contributed by atoms with E-state index in [0.717, 1.165) is 5.69 Å². The lowest BCUT2D eigenvalue weighted by Crippen LogP contribution is -2.35. The van der Waals surface area contributed by atoms with E-state index in [1.54, 1.807) is 18.7 Å². The Bertz CT molecular complexity index is 461. The molecule has 1 heterocycles. The van der Waals surface area contributed by atoms with Crippen molar-refractivity contribution in [3.8, 4) is 0 Å². The molecule has 0 aliphatic carbocycles. The zero-order valence-electron chi connectivity index (χ0n) is 12.3. The number of carbonyl (C=O) groups is 2. The number of carbonyl (C=O) groups excluding carboxylic acids is 2. The fourth-order valence-corrected chi connectivity index (χ4v) is 2.53. The molecule has 0 fully saturated rings. The number of ether oxygens (including phenoxy) is 1. The van der Waals surface area contributed by atoms with Gasteiger partial charge in [0.25, 0.3) is 0 Å². The Labute approximate surface area is 123 Å². The van der Waals surface area contributed by atoms with Crippen LogP contribution in [0.5, 0.6) is 0 Å². The highest BCUT2D eigenvalue weighted by Gasteiger charge is 2.16. The zero-order valence-corrected chi connectivity index (χ0v) is 13.1. The van der Waals surface area contributed by atoms with Crippen molar-refractivity contribution in [1.29, 1.82) is 0 Å². The number of anilines is 1. The highest BCUT2D eigenvalue weighted by Crippen LogP contribution is 2.20. The third-order valence-electron chi connectivity index (χ3n) is 2.70. The number of hydrogen-bond donors (Lipinski definition) is 1. The molecule has 1 rings (SSSR count). The van der Waals surface area contributed by atoms with Gasteiger partial charge in [0.2, 0.25) is 5.91 Å². The highest BCUT2D eigenvalue weighted by atomic mass is 32.1. The monoisotopic (exact) mass is 299 g/mol. The summed E-state index contributed by atoms with van der Waals surface area (Å²) in [6.45, 7) is 8.38. The molecule has 112 valence electrons. The summed E-state index contributed by atoms with van der Waals surface area (Å²) in [6, 6.07) is -0.379. The summed E-state index contributed by atoms with van der Waals surface area (Å²) in [5.41, 5.74) is 0.806. The van der Waals surface area contributed by atoms with E-state index in [2.05, 4.69) is 10.3 Å². The average molecular weight is 299 g/mol. The maximum absolute atomic E-state index is 11.5. The van der Waals surface area contributed by atoms with Crippen LogP contribution >= 0.6 is 11.3 Å². The molecule has 6 nitrogen and oxygen atoms in total. The Morgan fingerprint density at radius 1 is 1.50 bits per heavy atom. The molecule has 0 aliphatic heterocycles. The second kappa shape index (κ2) is 7.96. The highest BCUT2D eigenvalue weighted by molar-refractivity contribution is 7.14. The van der Waals surface area contributed by atoms with E-state index < -0.39 is 0 Å². The molecule has 0 saturated heterocycles. The number of rotatable bonds is 7. The minimum Gasteiger partial charge on any atom is -0.465 e. The molecule has 1 aromatic heterocycles. The van der Waals surface area contributed by atoms with Gasteiger partial charge in [-0.25, -0.2) is 4.98 Å². The summed E-state index contributed by atoms with van der Waals surface area (Å²) in [6.07, 6.45) is 0. The number of esters is 1. The standard InChI is InChI=1S/C13H21N3O3S/c1-5-16(10(4)17)13-15-11(8-20-13)7-14-9(3)12(18)19-6-2/h8-9,14H,5-7H2,1-4H3. The minimum absolute atomic E-state index is 0.0266. The first-order valence-electron chi connectivity index (χ1n) is 6.62. The number of amides is 1. The molecule has 0 spiro atoms. The molecular formula is C13H21N3O3S. The van der Waals surface area contributed by atoms with Gasteiger partial charge in [-0.05, 0) is 20.8 Å². The molecule has 1 amide bonds. The number of nitrogens with one attached hydrogen (secondary N) is 1. The first-order valence-corrected chi connectivity index (χ1v) is 7.50. The second-order valence-corrected chi connectivity index (χ2v) is 5.08. The molecule has 7 heteroatoms. The van der Waals surface area contributed by atoms with Gasteiger partial charge in [-0.1, -0.05) is 0 Å². The van der Waals surface area contributed by atoms with Gasteiger partial charge >= 0.3 is 5.97 Å². The maximum Gasteiger partial charge on any atom is 0.322 e. The third-order valence-corrected chi connectivity index (χ3v) is 3.61. The van der Waals surface area contributed by atoms with Crippen LogP contribution in [-0.4, -0.2) is 36.1 Å². The first-order chi connectivity index (χ1) is 9.49. The van der Waals surface area contributed by atoms with Crippen LogP contribution in [0.4, 0.5) is 5.13 Å². The van der Waals surface area contributed by atoms with Crippen molar-refractivity contribution < 1.29 is 14.3 Å². The van der Waals surface area contributed by atoms with Crippen molar-refractivity contribution in [2.75, 3.05) is 18.1 Å². The molecular weight excluding hydrogens is 278 g/mol. The molecule has 1 N–H and O–H groups in total. The van der Waals surface area contributed by atoms with E-state index in [1.807, 2.05) is 12.3 Å². The van der Waals surface area contributed by atoms with E-state index >= 15 is 0 Å². The van der Waals surface area contributed by atoms with Gasteiger partial charge in [-0.2, -0.15) is 0 Å². The Hall–Kier alpha value is -1.47. The van der Waals surface area contributed by atoms with Gasteiger partial charge in [0.05, 0.1) is 12.3 Å². The molecule has 0 bridgehead atoms. The number of nitrogens with zero attached hydrogens (tertiary/aromatic N) is 2. The van der Waals surface area contributed by atoms with Gasteiger partial charge in [0.1, 0.15) is 6.04 Å². The van der Waals surface area contributed by atoms with Crippen molar-refractivity contribution in [2.24, 2.45) is 0 Å². The van der Waals surface area contributed by atoms with Crippen LogP contribution in [0.1, 0.15) is 33.4 Å². The molecule has 20 heavy (non-hydrogen) atoms. The molecule has 1 aromatic rings. The van der Waals surface area contributed by atoms with E-state index in [1.165, 1.54) is 18.3 Å². The van der Waals surface area contributed by atoms with Crippen molar-refractivity contribution in [3.63, 3.8) is 0 Å². The molecule has 0 aromatic carbocycles. The molecule has 1 unspecified atom stereocenters. The fraction of sp³-hybridized carbons (Fsp3) is 0.615. The van der Waals surface area contributed by atoms with Crippen LogP contribution in [0, 0.1) is 0 Å². The van der Waals surface area contributed by atoms with E-state index in [-0.39, 0.29) is 17.9 Å². The third kappa shape index (κ3) is 4.57. The SMILES string of the molecule is CCOC(=O)C(C)NCc1csc(N(CC)C(C)=O)n1. The van der Waals surface area contributed by atoms with Crippen molar-refractivity contribution in [3.05, 3.63) is 11.1 Å². The summed E-state index contributed by atoms with van der Waals surface area (Å²) >= 11 is 1.42. The van der Waals surface area contributed by atoms with Gasteiger partial charge in [0.15, 0.2) is 5.13 Å². The van der Waals surface area contributed by atoms with Gasteiger partial charge < -0.3 is 4.74 Å². The quantitative estimate of drug-likeness (QED) is 0.774. The maximum atomic E-state index is 11.5. The minimum atomic E-state index is -0.379. The predicted molar refractivity (Wildman–Crippen MR) is 78.7 cm³/mol. The number of thiazole rings is 1. The molecule has 0 aliphatic rings. The van der Waals surface area contributed by atoms with Gasteiger partial charge in [-0.3, -0.25) is 19.8 Å². The summed E-state index contributed by atoms with van der Waals surface area (Å²) in [7, 11) is 0. The number of aromatic nitrogens is 1. The largest absolute Gasteiger partial charge is 0.465 e. The van der Waals surface area contributed by atoms with E-state index in [4.69, 9.17) is 4.74 Å². The Morgan fingerprint density at radius 3 is 2.75 bits per heavy atom. The summed E-state index contributed by atoms with van der Waals surface area (Å²) in [5.74, 6) is -0.303. The Kier molecular flexibility index (Phi) is 6.60. The molecule has 1 atom stereocenters. The average Bonchev–Trinajstić information content (AvgIpc) is 2.85. The second-order valence-electron chi connectivity index (χ2n) is 4.24. The number of hydrogen-bond acceptors (Lipinski definition) is 6. The van der Waals surface area contributed by atoms with Gasteiger partial charge in [0, 0.05) is 25.4 Å². The van der Waals surface area contributed by atoms with Crippen LogP contribution in [0.15, 0.2) is 5.38 Å². The van der Waals surface area contributed by atoms with E-state index in [0.29, 0.717) is 24.8 Å². The topological polar surface area (TPSA) is 71.5 Å². The van der Waals surface area contributed by atoms with Crippen molar-refractivity contribution in [1.82, 2.24) is 10.3 Å². The van der Waals surface area contributed by atoms with Crippen LogP contribution in [-0.2, 0) is 20.9 Å². The van der Waals surface area contributed by atoms with Crippen LogP contribution < -0.4 is 10.2 Å². The lowest BCUT2D eigenvalue weighted by atomic mass is 10.3. The molecule has 0 radical (unpaired) electrons. The van der Waals surface area contributed by atoms with Crippen molar-refractivity contribution >= 4 is 28.3 Å². The van der Waals surface area contributed by atoms with E-state index in [9.17, 15) is 9.59 Å². The summed E-state index contributed by atoms with van der Waals surface area (Å²) in [4.78, 5) is 28.9.